The predicted molar refractivity (Wildman–Crippen MR) is 108 cm³/mol. The van der Waals surface area contributed by atoms with Crippen LogP contribution in [0, 0.1) is 5.82 Å². The maximum Gasteiger partial charge on any atom is 0.196 e. The van der Waals surface area contributed by atoms with Crippen LogP contribution in [0.1, 0.15) is 5.82 Å². The highest BCUT2D eigenvalue weighted by atomic mass is 32.2. The largest absolute Gasteiger partial charge is 0.497 e. The number of rotatable bonds is 9. The van der Waals surface area contributed by atoms with Crippen LogP contribution < -0.4 is 9.47 Å². The van der Waals surface area contributed by atoms with Gasteiger partial charge in [0.25, 0.3) is 0 Å². The molecule has 0 aliphatic rings. The van der Waals surface area contributed by atoms with Gasteiger partial charge in [0.05, 0.1) is 12.8 Å². The summed E-state index contributed by atoms with van der Waals surface area (Å²) in [6, 6.07) is 13.9. The number of benzene rings is 2. The third-order valence-electron chi connectivity index (χ3n) is 3.74. The zero-order valence-electron chi connectivity index (χ0n) is 15.1. The van der Waals surface area contributed by atoms with Gasteiger partial charge in [-0.15, -0.1) is 10.2 Å². The van der Waals surface area contributed by atoms with Gasteiger partial charge >= 0.3 is 0 Å². The summed E-state index contributed by atoms with van der Waals surface area (Å²) < 4.78 is 27.1. The molecule has 0 radical (unpaired) electrons. The third kappa shape index (κ3) is 4.95. The summed E-state index contributed by atoms with van der Waals surface area (Å²) in [7, 11) is 1.61. The van der Waals surface area contributed by atoms with Crippen LogP contribution in [0.15, 0.2) is 53.7 Å². The summed E-state index contributed by atoms with van der Waals surface area (Å²) in [5, 5.41) is 9.13. The standard InChI is InChI=1S/C19H20FN3O2S2/c1-24-14-7-9-15(10-8-14)25-13-18-21-22-19(27-12-11-26-2)23(18)17-6-4-3-5-16(17)20/h3-10H,11-13H2,1-2H3. The Bertz CT molecular complexity index is 872. The number of hydrogen-bond donors (Lipinski definition) is 0. The van der Waals surface area contributed by atoms with E-state index in [0.717, 1.165) is 17.3 Å². The van der Waals surface area contributed by atoms with E-state index in [1.54, 1.807) is 53.4 Å². The Kier molecular flexibility index (Phi) is 7.00. The molecule has 0 bridgehead atoms. The Morgan fingerprint density at radius 3 is 2.44 bits per heavy atom. The molecular formula is C19H20FN3O2S2. The van der Waals surface area contributed by atoms with Gasteiger partial charge in [-0.3, -0.25) is 4.57 Å². The normalized spacial score (nSPS) is 10.8. The number of ether oxygens (including phenoxy) is 2. The summed E-state index contributed by atoms with van der Waals surface area (Å²) >= 11 is 3.31. The molecule has 1 heterocycles. The highest BCUT2D eigenvalue weighted by molar-refractivity contribution is 8.02. The molecule has 27 heavy (non-hydrogen) atoms. The Morgan fingerprint density at radius 1 is 1.00 bits per heavy atom. The molecule has 0 aliphatic heterocycles. The van der Waals surface area contributed by atoms with Gasteiger partial charge in [-0.25, -0.2) is 4.39 Å². The summed E-state index contributed by atoms with van der Waals surface area (Å²) in [5.74, 6) is 3.50. The maximum absolute atomic E-state index is 14.4. The van der Waals surface area contributed by atoms with Crippen molar-refractivity contribution < 1.29 is 13.9 Å². The number of thioether (sulfide) groups is 2. The van der Waals surface area contributed by atoms with Crippen LogP contribution in [0.3, 0.4) is 0 Å². The van der Waals surface area contributed by atoms with Crippen molar-refractivity contribution in [2.45, 2.75) is 11.8 Å². The van der Waals surface area contributed by atoms with E-state index in [1.807, 2.05) is 24.3 Å². The summed E-state index contributed by atoms with van der Waals surface area (Å²) in [4.78, 5) is 0. The van der Waals surface area contributed by atoms with Gasteiger partial charge in [0.2, 0.25) is 0 Å². The summed E-state index contributed by atoms with van der Waals surface area (Å²) in [5.41, 5.74) is 0.419. The lowest BCUT2D eigenvalue weighted by atomic mass is 10.3. The molecule has 0 aliphatic carbocycles. The van der Waals surface area contributed by atoms with Crippen molar-refractivity contribution in [3.63, 3.8) is 0 Å². The molecule has 0 atom stereocenters. The van der Waals surface area contributed by atoms with E-state index in [-0.39, 0.29) is 12.4 Å². The molecular weight excluding hydrogens is 385 g/mol. The molecule has 3 rings (SSSR count). The van der Waals surface area contributed by atoms with Crippen LogP contribution in [0.5, 0.6) is 11.5 Å². The van der Waals surface area contributed by atoms with Gasteiger partial charge in [-0.05, 0) is 42.7 Å². The fourth-order valence-corrected chi connectivity index (χ4v) is 4.01. The van der Waals surface area contributed by atoms with Gasteiger partial charge < -0.3 is 9.47 Å². The van der Waals surface area contributed by atoms with E-state index >= 15 is 0 Å². The first-order valence-electron chi connectivity index (χ1n) is 8.30. The Morgan fingerprint density at radius 2 is 1.74 bits per heavy atom. The first kappa shape index (κ1) is 19.6. The highest BCUT2D eigenvalue weighted by Gasteiger charge is 2.17. The van der Waals surface area contributed by atoms with Gasteiger partial charge in [0, 0.05) is 11.5 Å². The molecule has 8 heteroatoms. The summed E-state index contributed by atoms with van der Waals surface area (Å²) in [6.07, 6.45) is 2.05. The van der Waals surface area contributed by atoms with Crippen molar-refractivity contribution in [2.24, 2.45) is 0 Å². The lowest BCUT2D eigenvalue weighted by molar-refractivity contribution is 0.292. The number of aromatic nitrogens is 3. The molecule has 0 N–H and O–H groups in total. The Labute approximate surface area is 166 Å². The second-order valence-corrected chi connectivity index (χ2v) is 7.54. The minimum atomic E-state index is -0.324. The number of para-hydroxylation sites is 1. The number of halogens is 1. The fraction of sp³-hybridized carbons (Fsp3) is 0.263. The topological polar surface area (TPSA) is 49.2 Å². The monoisotopic (exact) mass is 405 g/mol. The molecule has 0 amide bonds. The van der Waals surface area contributed by atoms with Crippen LogP contribution in [0.2, 0.25) is 0 Å². The Hall–Kier alpha value is -2.19. The van der Waals surface area contributed by atoms with Crippen molar-refractivity contribution >= 4 is 23.5 Å². The minimum absolute atomic E-state index is 0.177. The van der Waals surface area contributed by atoms with E-state index in [1.165, 1.54) is 6.07 Å². The smallest absolute Gasteiger partial charge is 0.196 e. The first-order chi connectivity index (χ1) is 13.2. The van der Waals surface area contributed by atoms with Crippen LogP contribution in [0.4, 0.5) is 4.39 Å². The van der Waals surface area contributed by atoms with E-state index in [9.17, 15) is 4.39 Å². The molecule has 1 aromatic heterocycles. The molecule has 0 saturated heterocycles. The van der Waals surface area contributed by atoms with E-state index in [0.29, 0.717) is 22.4 Å². The van der Waals surface area contributed by atoms with Crippen LogP contribution in [0.25, 0.3) is 5.69 Å². The van der Waals surface area contributed by atoms with Crippen molar-refractivity contribution in [1.29, 1.82) is 0 Å². The van der Waals surface area contributed by atoms with Crippen molar-refractivity contribution in [3.8, 4) is 17.2 Å². The predicted octanol–water partition coefficient (Wildman–Crippen LogP) is 4.45. The van der Waals surface area contributed by atoms with Crippen LogP contribution in [-0.2, 0) is 6.61 Å². The zero-order valence-corrected chi connectivity index (χ0v) is 16.7. The average Bonchev–Trinajstić information content (AvgIpc) is 3.10. The lowest BCUT2D eigenvalue weighted by Gasteiger charge is -2.12. The molecule has 0 unspecified atom stereocenters. The second kappa shape index (κ2) is 9.66. The molecule has 2 aromatic carbocycles. The minimum Gasteiger partial charge on any atom is -0.497 e. The quantitative estimate of drug-likeness (QED) is 0.387. The van der Waals surface area contributed by atoms with Crippen LogP contribution in [-0.4, -0.2) is 39.6 Å². The fourth-order valence-electron chi connectivity index (χ4n) is 2.40. The number of hydrogen-bond acceptors (Lipinski definition) is 6. The first-order valence-corrected chi connectivity index (χ1v) is 10.7. The van der Waals surface area contributed by atoms with Gasteiger partial charge in [-0.1, -0.05) is 23.9 Å². The second-order valence-electron chi connectivity index (χ2n) is 5.49. The van der Waals surface area contributed by atoms with E-state index in [4.69, 9.17) is 9.47 Å². The highest BCUT2D eigenvalue weighted by Crippen LogP contribution is 2.25. The van der Waals surface area contributed by atoms with Gasteiger partial charge in [-0.2, -0.15) is 11.8 Å². The molecule has 142 valence electrons. The van der Waals surface area contributed by atoms with Crippen molar-refractivity contribution in [3.05, 3.63) is 60.2 Å². The third-order valence-corrected chi connectivity index (χ3v) is 5.54. The van der Waals surface area contributed by atoms with Gasteiger partial charge in [0.1, 0.15) is 23.9 Å². The van der Waals surface area contributed by atoms with Crippen molar-refractivity contribution in [2.75, 3.05) is 24.9 Å². The van der Waals surface area contributed by atoms with E-state index in [2.05, 4.69) is 16.5 Å². The Balaban J connectivity index is 1.84. The number of methoxy groups -OCH3 is 1. The summed E-state index contributed by atoms with van der Waals surface area (Å²) in [6.45, 7) is 0.177. The SMILES string of the molecule is COc1ccc(OCc2nnc(SCCSC)n2-c2ccccc2F)cc1. The molecule has 0 fully saturated rings. The average molecular weight is 406 g/mol. The lowest BCUT2D eigenvalue weighted by Crippen LogP contribution is -2.08. The van der Waals surface area contributed by atoms with Crippen LogP contribution >= 0.6 is 23.5 Å². The molecule has 3 aromatic rings. The van der Waals surface area contributed by atoms with E-state index < -0.39 is 0 Å². The maximum atomic E-state index is 14.4. The molecule has 5 nitrogen and oxygen atoms in total. The van der Waals surface area contributed by atoms with Gasteiger partial charge in [0.15, 0.2) is 11.0 Å². The zero-order chi connectivity index (χ0) is 19.1. The van der Waals surface area contributed by atoms with Crippen molar-refractivity contribution in [1.82, 2.24) is 14.8 Å². The number of nitrogens with zero attached hydrogens (tertiary/aromatic N) is 3. The molecule has 0 spiro atoms. The molecule has 0 saturated carbocycles.